The molecular weight excluding hydrogens is 369 g/mol. The zero-order valence-electron chi connectivity index (χ0n) is 16.2. The van der Waals surface area contributed by atoms with E-state index in [0.717, 1.165) is 16.7 Å². The monoisotopic (exact) mass is 395 g/mol. The molecule has 0 fully saturated rings. The van der Waals surface area contributed by atoms with E-state index in [-0.39, 0.29) is 6.04 Å². The van der Waals surface area contributed by atoms with Gasteiger partial charge in [0.25, 0.3) is 0 Å². The third kappa shape index (κ3) is 4.98. The molecule has 3 aromatic rings. The lowest BCUT2D eigenvalue weighted by atomic mass is 9.98. The number of hydrogen-bond acceptors (Lipinski definition) is 4. The molecule has 4 nitrogen and oxygen atoms in total. The molecule has 0 radical (unpaired) electrons. The molecule has 0 aliphatic heterocycles. The molecule has 0 bridgehead atoms. The molecule has 3 rings (SSSR count). The number of benzene rings is 3. The first kappa shape index (κ1) is 20.5. The van der Waals surface area contributed by atoms with Gasteiger partial charge >= 0.3 is 7.60 Å². The molecule has 0 aromatic heterocycles. The summed E-state index contributed by atoms with van der Waals surface area (Å²) in [6.45, 7) is 0. The van der Waals surface area contributed by atoms with Crippen LogP contribution in [-0.4, -0.2) is 20.0 Å². The summed E-state index contributed by atoms with van der Waals surface area (Å²) in [5.74, 6) is -0.504. The normalized spacial score (nSPS) is 12.8. The van der Waals surface area contributed by atoms with Crippen LogP contribution in [0, 0.1) is 0 Å². The Morgan fingerprint density at radius 3 is 1.61 bits per heavy atom. The molecule has 0 unspecified atom stereocenters. The van der Waals surface area contributed by atoms with Crippen LogP contribution in [0.5, 0.6) is 0 Å². The van der Waals surface area contributed by atoms with E-state index in [9.17, 15) is 4.57 Å². The molecule has 0 amide bonds. The molecular formula is C23H26NO3P. The Morgan fingerprint density at radius 2 is 1.18 bits per heavy atom. The standard InChI is InChI=1S/C23H26NO3P/c1-26-28(25,27-2)22(18-19-12-6-3-7-13-19)24-23(20-14-8-4-9-15-20)21-16-10-5-11-17-21/h3-17,22-24H,18H2,1-2H3/t22-/m0/s1. The van der Waals surface area contributed by atoms with Crippen molar-refractivity contribution < 1.29 is 13.6 Å². The van der Waals surface area contributed by atoms with Gasteiger partial charge in [-0.05, 0) is 23.1 Å². The van der Waals surface area contributed by atoms with Crippen molar-refractivity contribution >= 4 is 7.60 Å². The van der Waals surface area contributed by atoms with Crippen molar-refractivity contribution in [2.24, 2.45) is 0 Å². The molecule has 3 aromatic carbocycles. The van der Waals surface area contributed by atoms with Gasteiger partial charge in [-0.3, -0.25) is 9.88 Å². The van der Waals surface area contributed by atoms with Crippen molar-refractivity contribution in [1.29, 1.82) is 0 Å². The number of nitrogens with one attached hydrogen (secondary N) is 1. The lowest BCUT2D eigenvalue weighted by molar-refractivity contribution is 0.256. The molecule has 5 heteroatoms. The van der Waals surface area contributed by atoms with Crippen molar-refractivity contribution in [2.45, 2.75) is 18.2 Å². The van der Waals surface area contributed by atoms with Gasteiger partial charge in [-0.1, -0.05) is 91.0 Å². The van der Waals surface area contributed by atoms with Gasteiger partial charge in [0, 0.05) is 14.2 Å². The van der Waals surface area contributed by atoms with E-state index in [1.807, 2.05) is 66.7 Å². The minimum atomic E-state index is -3.36. The van der Waals surface area contributed by atoms with Gasteiger partial charge in [0.1, 0.15) is 5.78 Å². The van der Waals surface area contributed by atoms with Crippen molar-refractivity contribution in [3.05, 3.63) is 108 Å². The summed E-state index contributed by atoms with van der Waals surface area (Å²) in [6.07, 6.45) is 0.524. The van der Waals surface area contributed by atoms with E-state index in [2.05, 4.69) is 29.6 Å². The van der Waals surface area contributed by atoms with E-state index in [0.29, 0.717) is 6.42 Å². The highest BCUT2D eigenvalue weighted by molar-refractivity contribution is 7.54. The van der Waals surface area contributed by atoms with Gasteiger partial charge in [-0.2, -0.15) is 0 Å². The third-order valence-electron chi connectivity index (χ3n) is 4.79. The van der Waals surface area contributed by atoms with Crippen LogP contribution in [0.25, 0.3) is 0 Å². The molecule has 0 saturated carbocycles. The van der Waals surface area contributed by atoms with Crippen LogP contribution in [0.15, 0.2) is 91.0 Å². The van der Waals surface area contributed by atoms with Crippen LogP contribution < -0.4 is 5.32 Å². The van der Waals surface area contributed by atoms with Crippen molar-refractivity contribution in [3.63, 3.8) is 0 Å². The zero-order valence-corrected chi connectivity index (χ0v) is 17.1. The van der Waals surface area contributed by atoms with Crippen molar-refractivity contribution in [2.75, 3.05) is 14.2 Å². The van der Waals surface area contributed by atoms with E-state index < -0.39 is 13.4 Å². The molecule has 0 spiro atoms. The molecule has 0 aliphatic carbocycles. The van der Waals surface area contributed by atoms with E-state index in [1.165, 1.54) is 14.2 Å². The van der Waals surface area contributed by atoms with Crippen LogP contribution in [0.3, 0.4) is 0 Å². The average molecular weight is 395 g/mol. The molecule has 0 saturated heterocycles. The second-order valence-electron chi connectivity index (χ2n) is 6.53. The minimum absolute atomic E-state index is 0.144. The van der Waals surface area contributed by atoms with Gasteiger partial charge in [-0.15, -0.1) is 0 Å². The minimum Gasteiger partial charge on any atom is -0.311 e. The Morgan fingerprint density at radius 1 is 0.750 bits per heavy atom. The van der Waals surface area contributed by atoms with Crippen molar-refractivity contribution in [3.8, 4) is 0 Å². The van der Waals surface area contributed by atoms with Crippen LogP contribution >= 0.6 is 7.60 Å². The topological polar surface area (TPSA) is 47.6 Å². The molecule has 0 heterocycles. The number of rotatable bonds is 9. The average Bonchev–Trinajstić information content (AvgIpc) is 2.78. The Hall–Kier alpha value is -2.23. The molecule has 146 valence electrons. The molecule has 28 heavy (non-hydrogen) atoms. The lowest BCUT2D eigenvalue weighted by Crippen LogP contribution is -2.36. The predicted molar refractivity (Wildman–Crippen MR) is 113 cm³/mol. The maximum atomic E-state index is 13.3. The number of hydrogen-bond donors (Lipinski definition) is 1. The van der Waals surface area contributed by atoms with Crippen LogP contribution in [0.2, 0.25) is 0 Å². The summed E-state index contributed by atoms with van der Waals surface area (Å²) in [7, 11) is -0.494. The first-order valence-corrected chi connectivity index (χ1v) is 10.9. The highest BCUT2D eigenvalue weighted by atomic mass is 31.2. The first-order valence-electron chi connectivity index (χ1n) is 9.27. The fourth-order valence-electron chi connectivity index (χ4n) is 3.30. The fraction of sp³-hybridized carbons (Fsp3) is 0.217. The van der Waals surface area contributed by atoms with E-state index in [1.54, 1.807) is 0 Å². The SMILES string of the molecule is COP(=O)(OC)[C@@H](Cc1ccccc1)NC(c1ccccc1)c1ccccc1. The zero-order chi connectivity index (χ0) is 19.8. The maximum Gasteiger partial charge on any atom is 0.347 e. The highest BCUT2D eigenvalue weighted by Crippen LogP contribution is 2.52. The van der Waals surface area contributed by atoms with Gasteiger partial charge in [0.15, 0.2) is 0 Å². The Bertz CT molecular complexity index is 840. The highest BCUT2D eigenvalue weighted by Gasteiger charge is 2.36. The lowest BCUT2D eigenvalue weighted by Gasteiger charge is -2.30. The van der Waals surface area contributed by atoms with Gasteiger partial charge in [0.2, 0.25) is 0 Å². The smallest absolute Gasteiger partial charge is 0.311 e. The van der Waals surface area contributed by atoms with Crippen molar-refractivity contribution in [1.82, 2.24) is 5.32 Å². The van der Waals surface area contributed by atoms with E-state index >= 15 is 0 Å². The second kappa shape index (κ2) is 9.81. The molecule has 1 N–H and O–H groups in total. The fourth-order valence-corrected chi connectivity index (χ4v) is 4.72. The summed E-state index contributed by atoms with van der Waals surface area (Å²) in [4.78, 5) is 0. The van der Waals surface area contributed by atoms with Crippen LogP contribution in [0.1, 0.15) is 22.7 Å². The first-order chi connectivity index (χ1) is 13.7. The third-order valence-corrected chi connectivity index (χ3v) is 6.90. The molecule has 0 aliphatic rings. The van der Waals surface area contributed by atoms with Crippen LogP contribution in [0.4, 0.5) is 0 Å². The Labute approximate surface area is 167 Å². The van der Waals surface area contributed by atoms with Crippen LogP contribution in [-0.2, 0) is 20.0 Å². The second-order valence-corrected chi connectivity index (χ2v) is 8.96. The Balaban J connectivity index is 1.98. The summed E-state index contributed by atoms with van der Waals surface area (Å²) in [5.41, 5.74) is 3.24. The molecule has 1 atom stereocenters. The Kier molecular flexibility index (Phi) is 7.18. The van der Waals surface area contributed by atoms with E-state index in [4.69, 9.17) is 9.05 Å². The predicted octanol–water partition coefficient (Wildman–Crippen LogP) is 5.42. The summed E-state index contributed by atoms with van der Waals surface area (Å²) in [5, 5.41) is 3.56. The summed E-state index contributed by atoms with van der Waals surface area (Å²) in [6, 6.07) is 30.1. The van der Waals surface area contributed by atoms with Gasteiger partial charge < -0.3 is 9.05 Å². The van der Waals surface area contributed by atoms with Gasteiger partial charge in [-0.25, -0.2) is 0 Å². The quantitative estimate of drug-likeness (QED) is 0.492. The summed E-state index contributed by atoms with van der Waals surface area (Å²) >= 11 is 0. The summed E-state index contributed by atoms with van der Waals surface area (Å²) < 4.78 is 24.1. The largest absolute Gasteiger partial charge is 0.347 e. The maximum absolute atomic E-state index is 13.3. The van der Waals surface area contributed by atoms with Gasteiger partial charge in [0.05, 0.1) is 6.04 Å².